The van der Waals surface area contributed by atoms with Crippen LogP contribution < -0.4 is 9.64 Å². The maximum absolute atomic E-state index is 11.8. The minimum Gasteiger partial charge on any atom is -0.437 e. The molecule has 27 heavy (non-hydrogen) atoms. The van der Waals surface area contributed by atoms with Crippen molar-refractivity contribution in [3.8, 4) is 11.6 Å². The van der Waals surface area contributed by atoms with E-state index in [9.17, 15) is 4.79 Å². The summed E-state index contributed by atoms with van der Waals surface area (Å²) in [4.78, 5) is 21.0. The van der Waals surface area contributed by atoms with Gasteiger partial charge in [-0.2, -0.15) is 0 Å². The molecule has 0 aliphatic rings. The summed E-state index contributed by atoms with van der Waals surface area (Å²) in [5, 5.41) is 1.18. The molecule has 134 valence electrons. The maximum atomic E-state index is 11.8. The second-order valence-electron chi connectivity index (χ2n) is 6.15. The second-order valence-corrected chi connectivity index (χ2v) is 6.15. The molecule has 2 heterocycles. The Bertz CT molecular complexity index is 1040. The summed E-state index contributed by atoms with van der Waals surface area (Å²) in [6.45, 7) is 0.530. The first-order valence-corrected chi connectivity index (χ1v) is 8.80. The van der Waals surface area contributed by atoms with E-state index in [4.69, 9.17) is 4.74 Å². The van der Waals surface area contributed by atoms with Gasteiger partial charge in [0.15, 0.2) is 0 Å². The highest BCUT2D eigenvalue weighted by atomic mass is 16.5. The summed E-state index contributed by atoms with van der Waals surface area (Å²) < 4.78 is 5.88. The van der Waals surface area contributed by atoms with Crippen LogP contribution in [-0.4, -0.2) is 22.9 Å². The molecule has 1 amide bonds. The fourth-order valence-electron chi connectivity index (χ4n) is 3.09. The summed E-state index contributed by atoms with van der Waals surface area (Å²) in [7, 11) is 0. The summed E-state index contributed by atoms with van der Waals surface area (Å²) in [5.74, 6) is 1.09. The Kier molecular flexibility index (Phi) is 4.83. The number of nitrogens with one attached hydrogen (secondary N) is 1. The average molecular weight is 357 g/mol. The van der Waals surface area contributed by atoms with Gasteiger partial charge < -0.3 is 14.6 Å². The number of fused-ring (bicyclic) bond motifs is 1. The van der Waals surface area contributed by atoms with E-state index in [1.165, 1.54) is 10.9 Å². The first-order valence-electron chi connectivity index (χ1n) is 8.80. The van der Waals surface area contributed by atoms with Gasteiger partial charge in [0.2, 0.25) is 12.3 Å². The summed E-state index contributed by atoms with van der Waals surface area (Å²) >= 11 is 0. The van der Waals surface area contributed by atoms with Gasteiger partial charge in [-0.1, -0.05) is 36.4 Å². The predicted molar refractivity (Wildman–Crippen MR) is 106 cm³/mol. The van der Waals surface area contributed by atoms with Crippen molar-refractivity contribution in [1.82, 2.24) is 9.97 Å². The van der Waals surface area contributed by atoms with Crippen LogP contribution in [0.2, 0.25) is 0 Å². The lowest BCUT2D eigenvalue weighted by atomic mass is 10.1. The Balaban J connectivity index is 1.55. The molecule has 0 unspecified atom stereocenters. The molecule has 0 atom stereocenters. The van der Waals surface area contributed by atoms with Crippen molar-refractivity contribution < 1.29 is 9.53 Å². The number of carbonyl (C=O) groups is 1. The molecular weight excluding hydrogens is 338 g/mol. The van der Waals surface area contributed by atoms with Gasteiger partial charge in [-0.05, 0) is 42.3 Å². The van der Waals surface area contributed by atoms with Crippen LogP contribution in [0.3, 0.4) is 0 Å². The summed E-state index contributed by atoms with van der Waals surface area (Å²) in [5.41, 5.74) is 2.92. The van der Waals surface area contributed by atoms with Crippen LogP contribution in [0.15, 0.2) is 79.1 Å². The summed E-state index contributed by atoms with van der Waals surface area (Å²) in [6, 6.07) is 21.2. The van der Waals surface area contributed by atoms with Gasteiger partial charge in [-0.15, -0.1) is 0 Å². The van der Waals surface area contributed by atoms with Crippen molar-refractivity contribution in [2.45, 2.75) is 6.42 Å². The molecule has 2 aromatic carbocycles. The second kappa shape index (κ2) is 7.74. The van der Waals surface area contributed by atoms with E-state index in [0.717, 1.165) is 18.3 Å². The standard InChI is InChI=1S/C22H19N3O2/c26-16-25(14-12-17-15-24-20-10-5-4-9-19(17)20)21-11-6-13-23-22(21)27-18-7-2-1-3-8-18/h1-11,13,15-16,24H,12,14H2. The van der Waals surface area contributed by atoms with Gasteiger partial charge in [0, 0.05) is 29.8 Å². The van der Waals surface area contributed by atoms with E-state index in [2.05, 4.69) is 16.0 Å². The lowest BCUT2D eigenvalue weighted by Gasteiger charge is -2.19. The van der Waals surface area contributed by atoms with E-state index in [0.29, 0.717) is 23.9 Å². The number of aromatic amines is 1. The molecule has 2 aromatic heterocycles. The number of pyridine rings is 1. The van der Waals surface area contributed by atoms with E-state index in [-0.39, 0.29) is 0 Å². The Hall–Kier alpha value is -3.60. The predicted octanol–water partition coefficient (Wildman–Crippen LogP) is 4.56. The monoisotopic (exact) mass is 357 g/mol. The molecule has 0 bridgehead atoms. The average Bonchev–Trinajstić information content (AvgIpc) is 3.14. The molecule has 0 fully saturated rings. The molecule has 5 nitrogen and oxygen atoms in total. The van der Waals surface area contributed by atoms with Crippen molar-refractivity contribution >= 4 is 23.0 Å². The normalized spacial score (nSPS) is 10.7. The third-order valence-electron chi connectivity index (χ3n) is 4.44. The highest BCUT2D eigenvalue weighted by Gasteiger charge is 2.14. The number of carbonyl (C=O) groups excluding carboxylic acids is 1. The van der Waals surface area contributed by atoms with Crippen molar-refractivity contribution in [2.24, 2.45) is 0 Å². The van der Waals surface area contributed by atoms with E-state index >= 15 is 0 Å². The van der Waals surface area contributed by atoms with Gasteiger partial charge in [-0.25, -0.2) is 4.98 Å². The molecule has 0 saturated heterocycles. The number of benzene rings is 2. The minimum atomic E-state index is 0.412. The van der Waals surface area contributed by atoms with E-state index < -0.39 is 0 Å². The topological polar surface area (TPSA) is 58.2 Å². The molecule has 0 saturated carbocycles. The number of ether oxygens (including phenoxy) is 1. The molecule has 5 heteroatoms. The number of aromatic nitrogens is 2. The molecule has 4 rings (SSSR count). The number of nitrogens with zero attached hydrogens (tertiary/aromatic N) is 2. The first-order chi connectivity index (χ1) is 13.3. The number of hydrogen-bond donors (Lipinski definition) is 1. The lowest BCUT2D eigenvalue weighted by molar-refractivity contribution is -0.107. The van der Waals surface area contributed by atoms with Crippen molar-refractivity contribution in [2.75, 3.05) is 11.4 Å². The largest absolute Gasteiger partial charge is 0.437 e. The fraction of sp³-hybridized carbons (Fsp3) is 0.0909. The van der Waals surface area contributed by atoms with Gasteiger partial charge >= 0.3 is 0 Å². The van der Waals surface area contributed by atoms with Crippen molar-refractivity contribution in [3.63, 3.8) is 0 Å². The SMILES string of the molecule is O=CN(CCc1c[nH]c2ccccc12)c1cccnc1Oc1ccccc1. The Labute approximate surface area is 157 Å². The zero-order valence-electron chi connectivity index (χ0n) is 14.7. The van der Waals surface area contributed by atoms with Crippen LogP contribution in [0.25, 0.3) is 10.9 Å². The summed E-state index contributed by atoms with van der Waals surface area (Å²) in [6.07, 6.45) is 5.20. The zero-order chi connectivity index (χ0) is 18.5. The molecule has 0 aliphatic heterocycles. The van der Waals surface area contributed by atoms with E-state index in [1.54, 1.807) is 17.2 Å². The molecule has 0 radical (unpaired) electrons. The highest BCUT2D eigenvalue weighted by molar-refractivity contribution is 5.83. The highest BCUT2D eigenvalue weighted by Crippen LogP contribution is 2.29. The van der Waals surface area contributed by atoms with Crippen LogP contribution in [-0.2, 0) is 11.2 Å². The Morgan fingerprint density at radius 1 is 1.00 bits per heavy atom. The zero-order valence-corrected chi connectivity index (χ0v) is 14.7. The van der Waals surface area contributed by atoms with Gasteiger partial charge in [0.05, 0.1) is 0 Å². The molecule has 0 aliphatic carbocycles. The van der Waals surface area contributed by atoms with E-state index in [1.807, 2.05) is 60.8 Å². The number of rotatable bonds is 7. The van der Waals surface area contributed by atoms with Crippen LogP contribution >= 0.6 is 0 Å². The number of H-pyrrole nitrogens is 1. The van der Waals surface area contributed by atoms with Crippen LogP contribution in [0.4, 0.5) is 5.69 Å². The number of hydrogen-bond acceptors (Lipinski definition) is 3. The molecule has 1 N–H and O–H groups in total. The fourth-order valence-corrected chi connectivity index (χ4v) is 3.09. The van der Waals surface area contributed by atoms with Crippen LogP contribution in [0, 0.1) is 0 Å². The first kappa shape index (κ1) is 16.8. The van der Waals surface area contributed by atoms with Crippen LogP contribution in [0.1, 0.15) is 5.56 Å². The third kappa shape index (κ3) is 3.67. The molecular formula is C22H19N3O2. The number of amides is 1. The Morgan fingerprint density at radius 3 is 2.67 bits per heavy atom. The van der Waals surface area contributed by atoms with Gasteiger partial charge in [0.25, 0.3) is 0 Å². The molecule has 4 aromatic rings. The quantitative estimate of drug-likeness (QED) is 0.493. The number of para-hydroxylation sites is 2. The van der Waals surface area contributed by atoms with Crippen molar-refractivity contribution in [3.05, 3.63) is 84.7 Å². The lowest BCUT2D eigenvalue weighted by Crippen LogP contribution is -2.24. The molecule has 0 spiro atoms. The number of anilines is 1. The smallest absolute Gasteiger partial charge is 0.243 e. The van der Waals surface area contributed by atoms with Gasteiger partial charge in [0.1, 0.15) is 11.4 Å². The van der Waals surface area contributed by atoms with Gasteiger partial charge in [-0.3, -0.25) is 4.79 Å². The Morgan fingerprint density at radius 2 is 1.81 bits per heavy atom. The third-order valence-corrected chi connectivity index (χ3v) is 4.44. The minimum absolute atomic E-state index is 0.412. The van der Waals surface area contributed by atoms with Crippen molar-refractivity contribution in [1.29, 1.82) is 0 Å². The maximum Gasteiger partial charge on any atom is 0.243 e. The van der Waals surface area contributed by atoms with Crippen LogP contribution in [0.5, 0.6) is 11.6 Å².